The lowest BCUT2D eigenvalue weighted by Gasteiger charge is -2.23. The van der Waals surface area contributed by atoms with Gasteiger partial charge in [-0.2, -0.15) is 0 Å². The van der Waals surface area contributed by atoms with Crippen molar-refractivity contribution in [1.82, 2.24) is 4.90 Å². The van der Waals surface area contributed by atoms with Crippen molar-refractivity contribution in [1.29, 1.82) is 0 Å². The van der Waals surface area contributed by atoms with Gasteiger partial charge in [0.05, 0.1) is 6.42 Å². The van der Waals surface area contributed by atoms with Crippen molar-refractivity contribution in [3.8, 4) is 0 Å². The Morgan fingerprint density at radius 2 is 1.95 bits per heavy atom. The molecule has 0 bridgehead atoms. The number of halogens is 2. The number of carbonyl (C=O) groups excluding carboxylic acids is 1. The van der Waals surface area contributed by atoms with Crippen molar-refractivity contribution in [2.75, 3.05) is 6.54 Å². The summed E-state index contributed by atoms with van der Waals surface area (Å²) in [7, 11) is 0. The summed E-state index contributed by atoms with van der Waals surface area (Å²) in [6, 6.07) is 2.71. The molecule has 0 spiro atoms. The van der Waals surface area contributed by atoms with Gasteiger partial charge < -0.3 is 10.0 Å². The largest absolute Gasteiger partial charge is 0.481 e. The summed E-state index contributed by atoms with van der Waals surface area (Å²) in [5, 5.41) is 8.77. The predicted octanol–water partition coefficient (Wildman–Crippen LogP) is 2.04. The maximum atomic E-state index is 13.5. The summed E-state index contributed by atoms with van der Waals surface area (Å²) in [4.78, 5) is 24.1. The van der Waals surface area contributed by atoms with E-state index in [1.807, 2.05) is 0 Å². The van der Waals surface area contributed by atoms with Crippen molar-refractivity contribution in [3.05, 3.63) is 35.4 Å². The zero-order valence-electron chi connectivity index (χ0n) is 10.1. The summed E-state index contributed by atoms with van der Waals surface area (Å²) < 4.78 is 27.1. The Balaban J connectivity index is 2.26. The molecule has 0 aliphatic carbocycles. The first-order valence-corrected chi connectivity index (χ1v) is 5.97. The second-order valence-electron chi connectivity index (χ2n) is 4.49. The van der Waals surface area contributed by atoms with Crippen molar-refractivity contribution < 1.29 is 23.5 Å². The molecule has 6 heteroatoms. The van der Waals surface area contributed by atoms with Crippen LogP contribution in [0.25, 0.3) is 0 Å². The molecule has 1 saturated heterocycles. The van der Waals surface area contributed by atoms with Gasteiger partial charge in [-0.15, -0.1) is 0 Å². The summed E-state index contributed by atoms with van der Waals surface area (Å²) in [5.74, 6) is -3.66. The van der Waals surface area contributed by atoms with Crippen LogP contribution in [0, 0.1) is 11.6 Å². The Morgan fingerprint density at radius 1 is 1.32 bits per heavy atom. The number of aliphatic carboxylic acids is 1. The number of carboxylic acids is 1. The number of hydrogen-bond acceptors (Lipinski definition) is 2. The highest BCUT2D eigenvalue weighted by molar-refractivity contribution is 5.95. The van der Waals surface area contributed by atoms with E-state index in [1.54, 1.807) is 0 Å². The van der Waals surface area contributed by atoms with Gasteiger partial charge in [-0.3, -0.25) is 9.59 Å². The number of likely N-dealkylation sites (tertiary alicyclic amines) is 1. The lowest BCUT2D eigenvalue weighted by atomic mass is 10.1. The van der Waals surface area contributed by atoms with Crippen molar-refractivity contribution in [2.24, 2.45) is 0 Å². The van der Waals surface area contributed by atoms with E-state index >= 15 is 0 Å². The maximum Gasteiger partial charge on any atom is 0.305 e. The lowest BCUT2D eigenvalue weighted by Crippen LogP contribution is -2.37. The highest BCUT2D eigenvalue weighted by atomic mass is 19.1. The van der Waals surface area contributed by atoms with E-state index in [2.05, 4.69) is 0 Å². The van der Waals surface area contributed by atoms with Gasteiger partial charge in [-0.05, 0) is 25.0 Å². The number of carboxylic acid groups (broad SMARTS) is 1. The summed E-state index contributed by atoms with van der Waals surface area (Å²) in [5.41, 5.74) is -0.611. The highest BCUT2D eigenvalue weighted by Gasteiger charge is 2.33. The average Bonchev–Trinajstić information content (AvgIpc) is 2.75. The standard InChI is InChI=1S/C13H13F2NO3/c14-9-4-1-5-10(15)12(9)13(19)16-6-2-3-8(16)7-11(17)18/h1,4-5,8H,2-3,6-7H2,(H,17,18). The van der Waals surface area contributed by atoms with Gasteiger partial charge >= 0.3 is 5.97 Å². The topological polar surface area (TPSA) is 57.6 Å². The SMILES string of the molecule is O=C(O)CC1CCCN1C(=O)c1c(F)cccc1F. The van der Waals surface area contributed by atoms with Crippen molar-refractivity contribution in [2.45, 2.75) is 25.3 Å². The Bertz CT molecular complexity index is 498. The van der Waals surface area contributed by atoms with Gasteiger partial charge in [0.1, 0.15) is 17.2 Å². The number of carbonyl (C=O) groups is 2. The second-order valence-corrected chi connectivity index (χ2v) is 4.49. The van der Waals surface area contributed by atoms with Gasteiger partial charge in [0.15, 0.2) is 0 Å². The molecule has 1 aromatic rings. The van der Waals surface area contributed by atoms with Gasteiger partial charge in [0.25, 0.3) is 5.91 Å². The van der Waals surface area contributed by atoms with E-state index < -0.39 is 35.1 Å². The Kier molecular flexibility index (Phi) is 3.78. The van der Waals surface area contributed by atoms with Crippen LogP contribution in [0.2, 0.25) is 0 Å². The number of rotatable bonds is 3. The molecule has 1 aromatic carbocycles. The van der Waals surface area contributed by atoms with E-state index in [1.165, 1.54) is 11.0 Å². The van der Waals surface area contributed by atoms with Gasteiger partial charge in [-0.1, -0.05) is 6.07 Å². The molecule has 4 nitrogen and oxygen atoms in total. The van der Waals surface area contributed by atoms with Crippen molar-refractivity contribution >= 4 is 11.9 Å². The van der Waals surface area contributed by atoms with E-state index in [9.17, 15) is 18.4 Å². The minimum atomic E-state index is -1.03. The van der Waals surface area contributed by atoms with Gasteiger partial charge in [-0.25, -0.2) is 8.78 Å². The zero-order valence-corrected chi connectivity index (χ0v) is 10.1. The van der Waals surface area contributed by atoms with Crippen LogP contribution in [0.4, 0.5) is 8.78 Å². The summed E-state index contributed by atoms with van der Waals surface area (Å²) in [6.07, 6.45) is 0.968. The molecule has 0 saturated carbocycles. The molecule has 1 aliphatic heterocycles. The number of benzene rings is 1. The average molecular weight is 269 g/mol. The molecular formula is C13H13F2NO3. The van der Waals surface area contributed by atoms with Crippen LogP contribution in [0.1, 0.15) is 29.6 Å². The number of hydrogen-bond donors (Lipinski definition) is 1. The van der Waals surface area contributed by atoms with Crippen LogP contribution in [0.3, 0.4) is 0 Å². The Labute approximate surface area is 108 Å². The fourth-order valence-electron chi connectivity index (χ4n) is 2.36. The molecule has 2 rings (SSSR count). The molecule has 1 heterocycles. The van der Waals surface area contributed by atoms with Crippen LogP contribution >= 0.6 is 0 Å². The van der Waals surface area contributed by atoms with E-state index in [0.717, 1.165) is 12.1 Å². The van der Waals surface area contributed by atoms with E-state index in [4.69, 9.17) is 5.11 Å². The van der Waals surface area contributed by atoms with Crippen LogP contribution in [-0.4, -0.2) is 34.5 Å². The molecule has 19 heavy (non-hydrogen) atoms. The van der Waals surface area contributed by atoms with Gasteiger partial charge in [0, 0.05) is 12.6 Å². The predicted molar refractivity (Wildman–Crippen MR) is 62.7 cm³/mol. The molecule has 0 radical (unpaired) electrons. The summed E-state index contributed by atoms with van der Waals surface area (Å²) in [6.45, 7) is 0.324. The normalized spacial score (nSPS) is 18.6. The molecule has 0 aromatic heterocycles. The molecule has 1 aliphatic rings. The molecule has 1 N–H and O–H groups in total. The monoisotopic (exact) mass is 269 g/mol. The molecule has 1 amide bonds. The molecular weight excluding hydrogens is 256 g/mol. The number of nitrogens with zero attached hydrogens (tertiary/aromatic N) is 1. The van der Waals surface area contributed by atoms with Crippen molar-refractivity contribution in [3.63, 3.8) is 0 Å². The van der Waals surface area contributed by atoms with Crippen LogP contribution in [0.15, 0.2) is 18.2 Å². The first-order valence-electron chi connectivity index (χ1n) is 5.97. The third kappa shape index (κ3) is 2.72. The van der Waals surface area contributed by atoms with E-state index in [0.29, 0.717) is 19.4 Å². The Hall–Kier alpha value is -1.98. The second kappa shape index (κ2) is 5.34. The summed E-state index contributed by atoms with van der Waals surface area (Å²) >= 11 is 0. The molecule has 1 fully saturated rings. The first kappa shape index (κ1) is 13.5. The quantitative estimate of drug-likeness (QED) is 0.913. The minimum absolute atomic E-state index is 0.207. The first-order chi connectivity index (χ1) is 9.00. The lowest BCUT2D eigenvalue weighted by molar-refractivity contribution is -0.137. The molecule has 1 atom stereocenters. The molecule has 102 valence electrons. The number of amides is 1. The minimum Gasteiger partial charge on any atom is -0.481 e. The fourth-order valence-corrected chi connectivity index (χ4v) is 2.36. The van der Waals surface area contributed by atoms with Crippen LogP contribution in [-0.2, 0) is 4.79 Å². The van der Waals surface area contributed by atoms with Crippen LogP contribution < -0.4 is 0 Å². The third-order valence-corrected chi connectivity index (χ3v) is 3.22. The van der Waals surface area contributed by atoms with E-state index in [-0.39, 0.29) is 6.42 Å². The van der Waals surface area contributed by atoms with Gasteiger partial charge in [0.2, 0.25) is 0 Å². The zero-order chi connectivity index (χ0) is 14.0. The highest BCUT2D eigenvalue weighted by Crippen LogP contribution is 2.24. The smallest absolute Gasteiger partial charge is 0.305 e. The Morgan fingerprint density at radius 3 is 2.53 bits per heavy atom. The molecule has 1 unspecified atom stereocenters. The van der Waals surface area contributed by atoms with Crippen LogP contribution in [0.5, 0.6) is 0 Å². The third-order valence-electron chi connectivity index (χ3n) is 3.22. The fraction of sp³-hybridized carbons (Fsp3) is 0.385. The maximum absolute atomic E-state index is 13.5.